The molecule has 1 fully saturated rings. The molecule has 36 heavy (non-hydrogen) atoms. The van der Waals surface area contributed by atoms with Crippen LogP contribution in [0.5, 0.6) is 0 Å². The summed E-state index contributed by atoms with van der Waals surface area (Å²) in [5.74, 6) is -1.29. The molecule has 14 nitrogen and oxygen atoms in total. The number of aliphatic hydroxyl groups excluding tert-OH is 1. The number of nitrogens with one attached hydrogen (secondary N) is 1. The number of hydrogen-bond acceptors (Lipinski definition) is 10. The first kappa shape index (κ1) is 28.2. The Hall–Kier alpha value is -2.39. The maximum atomic E-state index is 13.6. The van der Waals surface area contributed by atoms with Gasteiger partial charge in [0.2, 0.25) is 5.82 Å². The van der Waals surface area contributed by atoms with Gasteiger partial charge in [0.25, 0.3) is 5.56 Å². The Morgan fingerprint density at radius 1 is 1.39 bits per heavy atom. The van der Waals surface area contributed by atoms with Crippen LogP contribution in [0, 0.1) is 15.9 Å². The second-order valence-corrected chi connectivity index (χ2v) is 10.4. The fourth-order valence-electron chi connectivity index (χ4n) is 3.36. The third-order valence-electron chi connectivity index (χ3n) is 5.32. The smallest absolute Gasteiger partial charge is 0.403 e. The summed E-state index contributed by atoms with van der Waals surface area (Å²) in [4.78, 5) is 35.1. The summed E-state index contributed by atoms with van der Waals surface area (Å²) in [6.07, 6.45) is -1.64. The third kappa shape index (κ3) is 6.88. The van der Waals surface area contributed by atoms with Crippen LogP contribution in [-0.2, 0) is 25.0 Å². The summed E-state index contributed by atoms with van der Waals surface area (Å²) in [5.41, 5.74) is -2.12. The van der Waals surface area contributed by atoms with Crippen LogP contribution in [0.25, 0.3) is 0 Å². The van der Waals surface area contributed by atoms with Gasteiger partial charge < -0.3 is 14.3 Å². The molecule has 0 aromatic carbocycles. The van der Waals surface area contributed by atoms with Gasteiger partial charge in [0.1, 0.15) is 29.6 Å². The third-order valence-corrected chi connectivity index (χ3v) is 7.56. The van der Waals surface area contributed by atoms with E-state index in [1.807, 2.05) is 0 Å². The molecule has 0 saturated carbocycles. The molecule has 1 aliphatic heterocycles. The molecular weight excluding hydrogens is 530 g/mol. The van der Waals surface area contributed by atoms with Gasteiger partial charge in [-0.05, 0) is 26.0 Å². The maximum absolute atomic E-state index is 13.6. The van der Waals surface area contributed by atoms with Gasteiger partial charge in [-0.1, -0.05) is 0 Å². The molecule has 0 spiro atoms. The average Bonchev–Trinajstić information content (AvgIpc) is 3.45. The minimum absolute atomic E-state index is 0.0383. The van der Waals surface area contributed by atoms with Crippen molar-refractivity contribution in [2.24, 2.45) is 0 Å². The van der Waals surface area contributed by atoms with Crippen LogP contribution < -0.4 is 11.2 Å². The van der Waals surface area contributed by atoms with Gasteiger partial charge in [0.15, 0.2) is 0 Å². The van der Waals surface area contributed by atoms with E-state index < -0.39 is 67.3 Å². The predicted octanol–water partition coefficient (Wildman–Crippen LogP) is 2.12. The first-order chi connectivity index (χ1) is 17.0. The Morgan fingerprint density at radius 2 is 2.14 bits per heavy atom. The van der Waals surface area contributed by atoms with Crippen molar-refractivity contribution in [2.75, 3.05) is 26.1 Å². The van der Waals surface area contributed by atoms with Crippen molar-refractivity contribution in [3.8, 4) is 0 Å². The first-order valence-electron chi connectivity index (χ1n) is 10.8. The van der Waals surface area contributed by atoms with Crippen molar-refractivity contribution < 1.29 is 37.2 Å². The minimum Gasteiger partial charge on any atom is -0.403 e. The van der Waals surface area contributed by atoms with E-state index in [-0.39, 0.29) is 18.7 Å². The second kappa shape index (κ2) is 12.2. The molecule has 0 radical (unpaired) electrons. The molecule has 3 heterocycles. The average molecular weight is 555 g/mol. The zero-order valence-electron chi connectivity index (χ0n) is 19.1. The quantitative estimate of drug-likeness (QED) is 0.122. The predicted molar refractivity (Wildman–Crippen MR) is 122 cm³/mol. The molecule has 2 N–H and O–H groups in total. The number of aromatic nitrogens is 2. The van der Waals surface area contributed by atoms with E-state index in [1.165, 1.54) is 17.8 Å². The number of H-pyrrole nitrogens is 1. The maximum Gasteiger partial charge on any atom is 0.433 e. The van der Waals surface area contributed by atoms with Crippen molar-refractivity contribution in [2.45, 2.75) is 44.3 Å². The summed E-state index contributed by atoms with van der Waals surface area (Å²) in [7, 11) is -2.55. The van der Waals surface area contributed by atoms with Gasteiger partial charge >= 0.3 is 19.3 Å². The van der Waals surface area contributed by atoms with Crippen LogP contribution in [0.15, 0.2) is 32.3 Å². The van der Waals surface area contributed by atoms with Crippen molar-refractivity contribution >= 4 is 25.2 Å². The van der Waals surface area contributed by atoms with Gasteiger partial charge in [0, 0.05) is 18.8 Å². The fourth-order valence-corrected chi connectivity index (χ4v) is 5.03. The van der Waals surface area contributed by atoms with E-state index in [1.54, 1.807) is 4.98 Å². The summed E-state index contributed by atoms with van der Waals surface area (Å²) < 4.78 is 51.0. The number of unbranched alkanes of at least 4 members (excludes halogenated alkanes) is 1. The number of aliphatic hydroxyl groups is 1. The van der Waals surface area contributed by atoms with E-state index in [0.29, 0.717) is 24.9 Å². The number of rotatable bonds is 13. The molecule has 2 aromatic heterocycles. The highest BCUT2D eigenvalue weighted by Gasteiger charge is 2.39. The summed E-state index contributed by atoms with van der Waals surface area (Å²) >= 11 is 5.70. The Kier molecular flexibility index (Phi) is 9.58. The van der Waals surface area contributed by atoms with Crippen LogP contribution in [-0.4, -0.2) is 62.5 Å². The SMILES string of the molecule is CN(CCCCCl)P(=O)(OCc1ccc([N+](=O)[O-])o1)OC[C@H]1O[C@@H](n2cc(F)c(=O)[nH]c2=O)C[C@@H]1O. The number of nitro groups is 1. The van der Waals surface area contributed by atoms with Crippen LogP contribution in [0.4, 0.5) is 10.3 Å². The van der Waals surface area contributed by atoms with Crippen molar-refractivity contribution in [1.29, 1.82) is 0 Å². The lowest BCUT2D eigenvalue weighted by Crippen LogP contribution is -2.34. The zero-order valence-corrected chi connectivity index (χ0v) is 20.7. The zero-order chi connectivity index (χ0) is 26.5. The number of halogens is 2. The van der Waals surface area contributed by atoms with E-state index in [9.17, 15) is 33.8 Å². The van der Waals surface area contributed by atoms with Crippen molar-refractivity contribution in [1.82, 2.24) is 14.2 Å². The van der Waals surface area contributed by atoms with Crippen molar-refractivity contribution in [3.63, 3.8) is 0 Å². The molecule has 0 bridgehead atoms. The highest BCUT2D eigenvalue weighted by molar-refractivity contribution is 7.51. The van der Waals surface area contributed by atoms with Gasteiger partial charge in [-0.15, -0.1) is 11.6 Å². The molecule has 200 valence electrons. The standard InChI is InChI=1S/C19H25ClFN4O10P/c1-23(7-3-2-6-20)36(31,32-10-12-4-5-16(34-12)25(29)30)33-11-15-14(26)8-17(35-15)24-9-13(21)18(27)22-19(24)28/h4-5,9,14-15,17,26H,2-3,6-8,10-11H2,1H3,(H,22,27,28)/t14-,15+,17+,36?/m0/s1. The minimum atomic E-state index is -4.03. The number of alkyl halides is 1. The van der Waals surface area contributed by atoms with E-state index >= 15 is 0 Å². The molecule has 1 saturated heterocycles. The number of ether oxygens (including phenoxy) is 1. The van der Waals surface area contributed by atoms with E-state index in [0.717, 1.165) is 10.6 Å². The summed E-state index contributed by atoms with van der Waals surface area (Å²) in [5, 5.41) is 21.2. The Morgan fingerprint density at radius 3 is 2.81 bits per heavy atom. The summed E-state index contributed by atoms with van der Waals surface area (Å²) in [6, 6.07) is 2.42. The number of hydrogen-bond donors (Lipinski definition) is 2. The van der Waals surface area contributed by atoms with Gasteiger partial charge in [-0.2, -0.15) is 4.39 Å². The fraction of sp³-hybridized carbons (Fsp3) is 0.579. The number of aromatic amines is 1. The van der Waals surface area contributed by atoms with Gasteiger partial charge in [-0.25, -0.2) is 14.0 Å². The Labute approximate surface area is 208 Å². The van der Waals surface area contributed by atoms with Gasteiger partial charge in [0.05, 0.1) is 25.0 Å². The highest BCUT2D eigenvalue weighted by Crippen LogP contribution is 2.52. The normalized spacial score (nSPS) is 21.6. The van der Waals surface area contributed by atoms with Crippen LogP contribution in [0.3, 0.4) is 0 Å². The topological polar surface area (TPSA) is 179 Å². The number of nitrogens with zero attached hydrogens (tertiary/aromatic N) is 3. The van der Waals surface area contributed by atoms with Crippen LogP contribution in [0.2, 0.25) is 0 Å². The lowest BCUT2D eigenvalue weighted by atomic mass is 10.2. The molecule has 1 unspecified atom stereocenters. The monoisotopic (exact) mass is 554 g/mol. The van der Waals surface area contributed by atoms with Gasteiger partial charge in [-0.3, -0.25) is 33.5 Å². The van der Waals surface area contributed by atoms with Crippen molar-refractivity contribution in [3.05, 3.63) is 60.9 Å². The first-order valence-corrected chi connectivity index (χ1v) is 12.8. The molecule has 0 aliphatic carbocycles. The molecular formula is C19H25ClFN4O10P. The molecule has 0 amide bonds. The lowest BCUT2D eigenvalue weighted by Gasteiger charge is -2.28. The second-order valence-electron chi connectivity index (χ2n) is 7.89. The highest BCUT2D eigenvalue weighted by atomic mass is 35.5. The van der Waals surface area contributed by atoms with E-state index in [4.69, 9.17) is 29.8 Å². The molecule has 4 atom stereocenters. The number of furan rings is 1. The van der Waals surface area contributed by atoms with Crippen LogP contribution in [0.1, 0.15) is 31.3 Å². The lowest BCUT2D eigenvalue weighted by molar-refractivity contribution is -0.402. The van der Waals surface area contributed by atoms with E-state index in [2.05, 4.69) is 0 Å². The largest absolute Gasteiger partial charge is 0.433 e. The molecule has 3 rings (SSSR count). The molecule has 17 heteroatoms. The Bertz CT molecular complexity index is 1220. The van der Waals surface area contributed by atoms with Crippen LogP contribution >= 0.6 is 19.3 Å². The summed E-state index contributed by atoms with van der Waals surface area (Å²) in [6.45, 7) is -0.577. The Balaban J connectivity index is 1.69. The molecule has 1 aliphatic rings. The molecule has 2 aromatic rings.